The topological polar surface area (TPSA) is 118 Å². The summed E-state index contributed by atoms with van der Waals surface area (Å²) in [5.74, 6) is 1.32. The molecular weight excluding hydrogens is 504 g/mol. The molecule has 216 valence electrons. The summed E-state index contributed by atoms with van der Waals surface area (Å²) < 4.78 is 1.91. The number of carbonyl (C=O) groups is 2. The number of nitrogens with zero attached hydrogens (tertiary/aromatic N) is 4. The van der Waals surface area contributed by atoms with Crippen LogP contribution < -0.4 is 21.7 Å². The van der Waals surface area contributed by atoms with Gasteiger partial charge < -0.3 is 31.5 Å². The molecular formula is C30H45N8O2+. The summed E-state index contributed by atoms with van der Waals surface area (Å²) in [4.78, 5) is 34.5. The number of primary amides is 1. The minimum atomic E-state index is -0.507. The van der Waals surface area contributed by atoms with Crippen molar-refractivity contribution in [1.29, 1.82) is 0 Å². The van der Waals surface area contributed by atoms with Crippen molar-refractivity contribution in [3.8, 4) is 0 Å². The summed E-state index contributed by atoms with van der Waals surface area (Å²) in [5, 5.41) is 10.1. The molecule has 10 nitrogen and oxygen atoms in total. The molecule has 1 atom stereocenters. The molecule has 1 unspecified atom stereocenters. The Labute approximate surface area is 237 Å². The van der Waals surface area contributed by atoms with Gasteiger partial charge in [0.15, 0.2) is 0 Å². The Hall–Kier alpha value is -3.40. The van der Waals surface area contributed by atoms with E-state index in [1.165, 1.54) is 12.0 Å². The van der Waals surface area contributed by atoms with Crippen LogP contribution in [0.4, 0.5) is 10.5 Å². The molecule has 0 bridgehead atoms. The Morgan fingerprint density at radius 3 is 2.33 bits per heavy atom. The molecule has 0 saturated carbocycles. The number of aliphatic imine (C=N–C) groups is 1. The van der Waals surface area contributed by atoms with Gasteiger partial charge in [-0.1, -0.05) is 12.1 Å². The molecule has 40 heavy (non-hydrogen) atoms. The van der Waals surface area contributed by atoms with E-state index >= 15 is 0 Å². The third kappa shape index (κ3) is 7.02. The molecule has 1 aromatic rings. The van der Waals surface area contributed by atoms with Gasteiger partial charge in [-0.25, -0.2) is 9.79 Å². The lowest BCUT2D eigenvalue weighted by Gasteiger charge is -2.36. The number of hydrogen-bond donors (Lipinski definition) is 4. The van der Waals surface area contributed by atoms with Crippen molar-refractivity contribution < 1.29 is 14.2 Å². The van der Waals surface area contributed by atoms with Gasteiger partial charge in [0, 0.05) is 44.8 Å². The molecule has 0 aromatic heterocycles. The third-order valence-electron chi connectivity index (χ3n) is 8.58. The Balaban J connectivity index is 1.32. The van der Waals surface area contributed by atoms with Crippen LogP contribution in [-0.4, -0.2) is 89.7 Å². The molecule has 0 radical (unpaired) electrons. The summed E-state index contributed by atoms with van der Waals surface area (Å²) >= 11 is 0. The molecule has 5 rings (SSSR count). The predicted molar refractivity (Wildman–Crippen MR) is 159 cm³/mol. The number of carbonyl (C=O) groups excluding carboxylic acids is 2. The first-order valence-electron chi connectivity index (χ1n) is 15.0. The van der Waals surface area contributed by atoms with Crippen molar-refractivity contribution in [1.82, 2.24) is 20.4 Å². The first-order chi connectivity index (χ1) is 19.4. The lowest BCUT2D eigenvalue weighted by molar-refractivity contribution is -0.379. The fourth-order valence-electron chi connectivity index (χ4n) is 6.10. The lowest BCUT2D eigenvalue weighted by Crippen LogP contribution is -2.53. The second-order valence-corrected chi connectivity index (χ2v) is 11.6. The normalized spacial score (nSPS) is 23.1. The van der Waals surface area contributed by atoms with Crippen LogP contribution in [0.3, 0.4) is 0 Å². The fourth-order valence-corrected chi connectivity index (χ4v) is 6.10. The van der Waals surface area contributed by atoms with Crippen molar-refractivity contribution in [3.05, 3.63) is 41.3 Å². The van der Waals surface area contributed by atoms with Gasteiger partial charge in [0.25, 0.3) is 0 Å². The van der Waals surface area contributed by atoms with Gasteiger partial charge in [0.05, 0.1) is 0 Å². The van der Waals surface area contributed by atoms with Crippen LogP contribution >= 0.6 is 0 Å². The number of rotatable bonds is 7. The molecule has 3 fully saturated rings. The number of hydrogen-bond acceptors (Lipinski definition) is 5. The quantitative estimate of drug-likeness (QED) is 0.181. The Morgan fingerprint density at radius 2 is 1.68 bits per heavy atom. The number of nitrogens with one attached hydrogen (secondary N) is 3. The smallest absolute Gasteiger partial charge is 0.317 e. The maximum Gasteiger partial charge on any atom is 0.317 e. The van der Waals surface area contributed by atoms with Crippen LogP contribution in [-0.2, 0) is 4.79 Å². The number of urea groups is 1. The highest BCUT2D eigenvalue weighted by Crippen LogP contribution is 2.27. The highest BCUT2D eigenvalue weighted by molar-refractivity contribution is 5.96. The van der Waals surface area contributed by atoms with Gasteiger partial charge in [-0.2, -0.15) is 4.58 Å². The van der Waals surface area contributed by atoms with E-state index < -0.39 is 5.91 Å². The number of piperidine rings is 3. The van der Waals surface area contributed by atoms with E-state index in [0.29, 0.717) is 30.5 Å². The predicted octanol–water partition coefficient (Wildman–Crippen LogP) is 2.79. The molecule has 5 N–H and O–H groups in total. The number of amides is 3. The summed E-state index contributed by atoms with van der Waals surface area (Å²) in [7, 11) is 0. The van der Waals surface area contributed by atoms with Gasteiger partial charge in [-0.15, -0.1) is 0 Å². The van der Waals surface area contributed by atoms with Crippen molar-refractivity contribution in [2.24, 2.45) is 10.7 Å². The van der Waals surface area contributed by atoms with Gasteiger partial charge in [0.2, 0.25) is 18.1 Å². The van der Waals surface area contributed by atoms with Crippen LogP contribution in [0.5, 0.6) is 0 Å². The standard InChI is InChI=1S/C30H44N8O2/c1-21-19-38(21)27(28(31)39)29(34-25-10-8-23(9-11-25)24-12-14-32-15-13-24)33-22(2)37-18-6-7-26(20-37)35-30(40)36-16-4-3-5-17-36/h8-11,24,26,32H,3-7,12-20H2,1-2H3,(H3-,31,34,35,39,40)/p+1. The monoisotopic (exact) mass is 549 g/mol. The summed E-state index contributed by atoms with van der Waals surface area (Å²) in [6, 6.07) is 8.57. The van der Waals surface area contributed by atoms with Crippen molar-refractivity contribution >= 4 is 29.2 Å². The zero-order valence-corrected chi connectivity index (χ0v) is 24.0. The zero-order chi connectivity index (χ0) is 28.1. The first-order valence-corrected chi connectivity index (χ1v) is 15.0. The molecule has 0 aliphatic carbocycles. The minimum absolute atomic E-state index is 0.0416. The van der Waals surface area contributed by atoms with Crippen molar-refractivity contribution in [2.75, 3.05) is 51.1 Å². The average molecular weight is 550 g/mol. The Bertz CT molecular complexity index is 1180. The van der Waals surface area contributed by atoms with Crippen LogP contribution in [0.1, 0.15) is 70.3 Å². The maximum atomic E-state index is 12.8. The van der Waals surface area contributed by atoms with Gasteiger partial charge in [0.1, 0.15) is 5.84 Å². The van der Waals surface area contributed by atoms with Crippen LogP contribution in [0, 0.1) is 0 Å². The highest BCUT2D eigenvalue weighted by atomic mass is 16.2. The van der Waals surface area contributed by atoms with Crippen molar-refractivity contribution in [3.63, 3.8) is 0 Å². The minimum Gasteiger partial charge on any atom is -0.360 e. The van der Waals surface area contributed by atoms with E-state index in [0.717, 1.165) is 88.5 Å². The van der Waals surface area contributed by atoms with E-state index in [-0.39, 0.29) is 12.1 Å². The molecule has 3 saturated heterocycles. The van der Waals surface area contributed by atoms with Crippen LogP contribution in [0.25, 0.3) is 0 Å². The molecule has 4 aliphatic rings. The number of nitrogens with two attached hydrogens (primary N) is 1. The number of likely N-dealkylation sites (tertiary alicyclic amines) is 2. The molecule has 0 spiro atoms. The number of amidine groups is 1. The third-order valence-corrected chi connectivity index (χ3v) is 8.58. The zero-order valence-electron chi connectivity index (χ0n) is 24.0. The molecule has 4 heterocycles. The summed E-state index contributed by atoms with van der Waals surface area (Å²) in [6.45, 7) is 9.98. The molecule has 1 aromatic carbocycles. The highest BCUT2D eigenvalue weighted by Gasteiger charge is 2.39. The van der Waals surface area contributed by atoms with E-state index in [1.807, 2.05) is 23.3 Å². The number of benzene rings is 1. The largest absolute Gasteiger partial charge is 0.360 e. The fraction of sp³-hybridized carbons (Fsp3) is 0.600. The van der Waals surface area contributed by atoms with Gasteiger partial charge in [-0.05, 0) is 88.6 Å². The second-order valence-electron chi connectivity index (χ2n) is 11.6. The SMILES string of the molecule is CC(=NC(Nc1ccc(C2CCNCC2)cc1)=C(C(N)=O)[N+]1=C(C)C1)N1CCCC(NC(=O)N2CCCCC2)C1. The Morgan fingerprint density at radius 1 is 1.00 bits per heavy atom. The molecule has 4 aliphatic heterocycles. The lowest BCUT2D eigenvalue weighted by atomic mass is 9.90. The number of anilines is 1. The first kappa shape index (κ1) is 28.1. The van der Waals surface area contributed by atoms with Crippen LogP contribution in [0.2, 0.25) is 0 Å². The summed E-state index contributed by atoms with van der Waals surface area (Å²) in [5.41, 5.74) is 9.56. The van der Waals surface area contributed by atoms with Gasteiger partial charge >= 0.3 is 17.6 Å². The van der Waals surface area contributed by atoms with Crippen LogP contribution in [0.15, 0.2) is 40.8 Å². The molecule has 10 heteroatoms. The summed E-state index contributed by atoms with van der Waals surface area (Å²) in [6.07, 6.45) is 7.56. The van der Waals surface area contributed by atoms with E-state index in [9.17, 15) is 9.59 Å². The van der Waals surface area contributed by atoms with E-state index in [2.05, 4.69) is 45.1 Å². The average Bonchev–Trinajstić information content (AvgIpc) is 3.69. The Kier molecular flexibility index (Phi) is 9.04. The second kappa shape index (κ2) is 12.8. The molecule has 3 amide bonds. The van der Waals surface area contributed by atoms with Gasteiger partial charge in [-0.3, -0.25) is 4.79 Å². The maximum absolute atomic E-state index is 12.8. The van der Waals surface area contributed by atoms with E-state index in [4.69, 9.17) is 10.7 Å². The van der Waals surface area contributed by atoms with E-state index in [1.54, 1.807) is 0 Å². The van der Waals surface area contributed by atoms with Crippen molar-refractivity contribution in [2.45, 2.75) is 70.8 Å².